The van der Waals surface area contributed by atoms with Crippen LogP contribution in [0.3, 0.4) is 0 Å². The molecule has 6 heteroatoms. The van der Waals surface area contributed by atoms with E-state index in [1.807, 2.05) is 0 Å². The van der Waals surface area contributed by atoms with Gasteiger partial charge in [0.2, 0.25) is 0 Å². The summed E-state index contributed by atoms with van der Waals surface area (Å²) in [6.07, 6.45) is 4.28. The first kappa shape index (κ1) is 16.5. The number of rotatable bonds is 5. The van der Waals surface area contributed by atoms with Crippen LogP contribution in [0.4, 0.5) is 0 Å². The molecule has 1 saturated carbocycles. The van der Waals surface area contributed by atoms with Crippen LogP contribution >= 0.6 is 0 Å². The van der Waals surface area contributed by atoms with Crippen LogP contribution in [0.5, 0.6) is 0 Å². The molecule has 0 unspecified atom stereocenters. The van der Waals surface area contributed by atoms with E-state index in [9.17, 15) is 9.59 Å². The standard InChI is InChI=1S/C16H23NO5/c1-4-21-15(20)16(2,3)12-9-22-13(17-12)10-5-7-11(8-6-10)14(18)19/h9-11H,4-8H2,1-3H3,(H,18,19). The lowest BCUT2D eigenvalue weighted by Crippen LogP contribution is -2.31. The second-order valence-corrected chi connectivity index (χ2v) is 6.30. The normalized spacial score (nSPS) is 22.3. The molecule has 0 atom stereocenters. The second kappa shape index (κ2) is 6.50. The molecule has 0 spiro atoms. The highest BCUT2D eigenvalue weighted by atomic mass is 16.5. The molecular formula is C16H23NO5. The van der Waals surface area contributed by atoms with Crippen molar-refractivity contribution in [2.45, 2.75) is 57.8 Å². The molecule has 1 fully saturated rings. The number of nitrogens with zero attached hydrogens (tertiary/aromatic N) is 1. The molecule has 1 heterocycles. The topological polar surface area (TPSA) is 89.6 Å². The van der Waals surface area contributed by atoms with Gasteiger partial charge < -0.3 is 14.3 Å². The number of carboxylic acids is 1. The number of hydrogen-bond acceptors (Lipinski definition) is 5. The first-order valence-corrected chi connectivity index (χ1v) is 7.72. The summed E-state index contributed by atoms with van der Waals surface area (Å²) >= 11 is 0. The first-order chi connectivity index (χ1) is 10.4. The van der Waals surface area contributed by atoms with Crippen molar-refractivity contribution in [1.82, 2.24) is 4.98 Å². The molecule has 0 amide bonds. The van der Waals surface area contributed by atoms with Gasteiger partial charge in [0.1, 0.15) is 11.7 Å². The Labute approximate surface area is 129 Å². The Kier molecular flexibility index (Phi) is 4.88. The summed E-state index contributed by atoms with van der Waals surface area (Å²) in [4.78, 5) is 27.4. The molecule has 6 nitrogen and oxygen atoms in total. The minimum absolute atomic E-state index is 0.127. The maximum absolute atomic E-state index is 12.0. The Balaban J connectivity index is 2.06. The average Bonchev–Trinajstić information content (AvgIpc) is 2.98. The highest BCUT2D eigenvalue weighted by molar-refractivity contribution is 5.81. The van der Waals surface area contributed by atoms with Gasteiger partial charge in [0, 0.05) is 5.92 Å². The maximum Gasteiger partial charge on any atom is 0.317 e. The van der Waals surface area contributed by atoms with E-state index < -0.39 is 11.4 Å². The molecule has 122 valence electrons. The summed E-state index contributed by atoms with van der Waals surface area (Å²) < 4.78 is 10.6. The molecule has 0 radical (unpaired) electrons. The third-order valence-corrected chi connectivity index (χ3v) is 4.37. The van der Waals surface area contributed by atoms with E-state index in [-0.39, 0.29) is 17.8 Å². The Hall–Kier alpha value is -1.85. The van der Waals surface area contributed by atoms with Crippen molar-refractivity contribution >= 4 is 11.9 Å². The van der Waals surface area contributed by atoms with Gasteiger partial charge in [0.25, 0.3) is 0 Å². The van der Waals surface area contributed by atoms with Gasteiger partial charge in [-0.15, -0.1) is 0 Å². The Bertz CT molecular complexity index is 540. The van der Waals surface area contributed by atoms with Gasteiger partial charge in [-0.3, -0.25) is 9.59 Å². The molecule has 1 aromatic heterocycles. The van der Waals surface area contributed by atoms with Crippen LogP contribution < -0.4 is 0 Å². The lowest BCUT2D eigenvalue weighted by Gasteiger charge is -2.23. The quantitative estimate of drug-likeness (QED) is 0.841. The van der Waals surface area contributed by atoms with Crippen molar-refractivity contribution in [2.24, 2.45) is 5.92 Å². The lowest BCUT2D eigenvalue weighted by atomic mass is 9.82. The number of carbonyl (C=O) groups excluding carboxylic acids is 1. The third kappa shape index (κ3) is 3.31. The number of carboxylic acid groups (broad SMARTS) is 1. The van der Waals surface area contributed by atoms with Crippen molar-refractivity contribution in [3.05, 3.63) is 17.8 Å². The summed E-state index contributed by atoms with van der Waals surface area (Å²) in [5.74, 6) is -0.598. The number of oxazole rings is 1. The van der Waals surface area contributed by atoms with Gasteiger partial charge in [-0.05, 0) is 46.5 Å². The van der Waals surface area contributed by atoms with Crippen LogP contribution in [0.1, 0.15) is 64.0 Å². The Morgan fingerprint density at radius 1 is 1.36 bits per heavy atom. The van der Waals surface area contributed by atoms with Crippen molar-refractivity contribution in [3.63, 3.8) is 0 Å². The molecule has 1 aromatic rings. The summed E-state index contributed by atoms with van der Waals surface area (Å²) in [5.41, 5.74) is -0.294. The molecule has 0 aromatic carbocycles. The van der Waals surface area contributed by atoms with Crippen LogP contribution in [-0.4, -0.2) is 28.6 Å². The number of ether oxygens (including phenoxy) is 1. The van der Waals surface area contributed by atoms with Gasteiger partial charge in [-0.2, -0.15) is 0 Å². The molecule has 2 rings (SSSR count). The van der Waals surface area contributed by atoms with Crippen molar-refractivity contribution in [3.8, 4) is 0 Å². The molecule has 1 N–H and O–H groups in total. The number of carbonyl (C=O) groups is 2. The first-order valence-electron chi connectivity index (χ1n) is 7.72. The predicted molar refractivity (Wildman–Crippen MR) is 78.5 cm³/mol. The van der Waals surface area contributed by atoms with E-state index in [2.05, 4.69) is 4.98 Å². The minimum atomic E-state index is -0.851. The minimum Gasteiger partial charge on any atom is -0.481 e. The zero-order chi connectivity index (χ0) is 16.3. The van der Waals surface area contributed by atoms with Crippen LogP contribution in [0, 0.1) is 5.92 Å². The molecule has 1 aliphatic rings. The summed E-state index contributed by atoms with van der Waals surface area (Å²) in [6, 6.07) is 0. The molecule has 0 saturated heterocycles. The van der Waals surface area contributed by atoms with Crippen molar-refractivity contribution < 1.29 is 23.8 Å². The van der Waals surface area contributed by atoms with E-state index in [4.69, 9.17) is 14.3 Å². The molecule has 1 aliphatic carbocycles. The largest absolute Gasteiger partial charge is 0.481 e. The van der Waals surface area contributed by atoms with Crippen molar-refractivity contribution in [1.29, 1.82) is 0 Å². The van der Waals surface area contributed by atoms with E-state index >= 15 is 0 Å². The average molecular weight is 309 g/mol. The fourth-order valence-corrected chi connectivity index (χ4v) is 2.77. The zero-order valence-corrected chi connectivity index (χ0v) is 13.3. The Morgan fingerprint density at radius 3 is 2.55 bits per heavy atom. The smallest absolute Gasteiger partial charge is 0.317 e. The van der Waals surface area contributed by atoms with Crippen LogP contribution in [0.2, 0.25) is 0 Å². The van der Waals surface area contributed by atoms with Gasteiger partial charge >= 0.3 is 11.9 Å². The fraction of sp³-hybridized carbons (Fsp3) is 0.688. The van der Waals surface area contributed by atoms with Gasteiger partial charge in [0.05, 0.1) is 18.2 Å². The molecule has 0 aliphatic heterocycles. The fourth-order valence-electron chi connectivity index (χ4n) is 2.77. The van der Waals surface area contributed by atoms with E-state index in [1.54, 1.807) is 20.8 Å². The zero-order valence-electron chi connectivity index (χ0n) is 13.3. The predicted octanol–water partition coefficient (Wildman–Crippen LogP) is 2.87. The number of aliphatic carboxylic acids is 1. The SMILES string of the molecule is CCOC(=O)C(C)(C)c1coc(C2CCC(C(=O)O)CC2)n1. The van der Waals surface area contributed by atoms with E-state index in [0.717, 1.165) is 12.8 Å². The second-order valence-electron chi connectivity index (χ2n) is 6.30. The van der Waals surface area contributed by atoms with Crippen LogP contribution in [-0.2, 0) is 19.7 Å². The monoisotopic (exact) mass is 309 g/mol. The third-order valence-electron chi connectivity index (χ3n) is 4.37. The molecule has 22 heavy (non-hydrogen) atoms. The summed E-state index contributed by atoms with van der Waals surface area (Å²) in [7, 11) is 0. The van der Waals surface area contributed by atoms with Crippen LogP contribution in [0.25, 0.3) is 0 Å². The van der Waals surface area contributed by atoms with E-state index in [1.165, 1.54) is 6.26 Å². The highest BCUT2D eigenvalue weighted by Gasteiger charge is 2.36. The van der Waals surface area contributed by atoms with Gasteiger partial charge in [0.15, 0.2) is 5.89 Å². The molecule has 0 bridgehead atoms. The van der Waals surface area contributed by atoms with Gasteiger partial charge in [-0.25, -0.2) is 4.98 Å². The summed E-state index contributed by atoms with van der Waals surface area (Å²) in [5, 5.41) is 9.03. The molecular weight excluding hydrogens is 286 g/mol. The number of hydrogen-bond donors (Lipinski definition) is 1. The number of esters is 1. The van der Waals surface area contributed by atoms with E-state index in [0.29, 0.717) is 31.0 Å². The number of aromatic nitrogens is 1. The highest BCUT2D eigenvalue weighted by Crippen LogP contribution is 2.36. The Morgan fingerprint density at radius 2 is 2.00 bits per heavy atom. The maximum atomic E-state index is 12.0. The summed E-state index contributed by atoms with van der Waals surface area (Å²) in [6.45, 7) is 5.61. The lowest BCUT2D eigenvalue weighted by molar-refractivity contribution is -0.149. The van der Waals surface area contributed by atoms with Gasteiger partial charge in [-0.1, -0.05) is 0 Å². The van der Waals surface area contributed by atoms with Crippen molar-refractivity contribution in [2.75, 3.05) is 6.61 Å². The van der Waals surface area contributed by atoms with Crippen LogP contribution in [0.15, 0.2) is 10.7 Å².